The van der Waals surface area contributed by atoms with Crippen molar-refractivity contribution in [2.75, 3.05) is 16.8 Å². The fourth-order valence-electron chi connectivity index (χ4n) is 2.62. The lowest BCUT2D eigenvalue weighted by atomic mass is 10.2. The zero-order valence-corrected chi connectivity index (χ0v) is 15.0. The first kappa shape index (κ1) is 15.6. The number of phenolic OH excluding ortho intramolecular Hbond substituents is 1. The molecule has 120 valence electrons. The van der Waals surface area contributed by atoms with E-state index in [1.165, 1.54) is 16.7 Å². The van der Waals surface area contributed by atoms with Crippen molar-refractivity contribution in [1.82, 2.24) is 0 Å². The molecule has 0 aromatic heterocycles. The van der Waals surface area contributed by atoms with Gasteiger partial charge in [0.25, 0.3) is 5.91 Å². The van der Waals surface area contributed by atoms with Crippen molar-refractivity contribution < 1.29 is 9.90 Å². The topological polar surface area (TPSA) is 43.8 Å². The van der Waals surface area contributed by atoms with Crippen LogP contribution in [0.1, 0.15) is 0 Å². The van der Waals surface area contributed by atoms with E-state index in [1.54, 1.807) is 36.0 Å². The lowest BCUT2D eigenvalue weighted by Gasteiger charge is -2.16. The molecule has 0 saturated carbocycles. The van der Waals surface area contributed by atoms with Gasteiger partial charge in [-0.25, -0.2) is 0 Å². The Kier molecular flexibility index (Phi) is 3.79. The van der Waals surface area contributed by atoms with E-state index in [1.807, 2.05) is 36.2 Å². The zero-order valence-electron chi connectivity index (χ0n) is 12.6. The molecule has 1 N–H and O–H groups in total. The molecule has 2 aromatic rings. The number of nitrogens with zero attached hydrogens (tertiary/aromatic N) is 2. The third-order valence-corrected chi connectivity index (χ3v) is 6.54. The van der Waals surface area contributed by atoms with E-state index in [0.717, 1.165) is 15.6 Å². The minimum absolute atomic E-state index is 0.127. The number of hydrogen-bond acceptors (Lipinski definition) is 6. The SMILES string of the molecule is CN1/C(=C2/SC(=S)N(c3ccc(O)cc3)C2=O)Sc2ccccc21. The van der Waals surface area contributed by atoms with E-state index in [9.17, 15) is 9.90 Å². The maximum atomic E-state index is 12.9. The fraction of sp³-hybridized carbons (Fsp3) is 0.0588. The van der Waals surface area contributed by atoms with E-state index in [-0.39, 0.29) is 11.7 Å². The molecular formula is C17H12N2O2S3. The number of amides is 1. The van der Waals surface area contributed by atoms with E-state index in [2.05, 4.69) is 0 Å². The van der Waals surface area contributed by atoms with Crippen LogP contribution in [0.15, 0.2) is 63.4 Å². The second-order valence-electron chi connectivity index (χ2n) is 5.29. The monoisotopic (exact) mass is 372 g/mol. The first-order valence-electron chi connectivity index (χ1n) is 7.16. The second kappa shape index (κ2) is 5.84. The van der Waals surface area contributed by atoms with Crippen molar-refractivity contribution in [3.05, 3.63) is 58.5 Å². The van der Waals surface area contributed by atoms with Crippen LogP contribution in [0.2, 0.25) is 0 Å². The van der Waals surface area contributed by atoms with Gasteiger partial charge in [-0.2, -0.15) is 0 Å². The summed E-state index contributed by atoms with van der Waals surface area (Å²) in [4.78, 5) is 18.3. The standard InChI is InChI=1S/C17H12N2O2S3/c1-18-12-4-2-3-5-13(12)23-16(18)14-15(21)19(17(22)24-14)10-6-8-11(20)9-7-10/h2-9,20H,1H3/b16-14-. The molecule has 1 saturated heterocycles. The summed E-state index contributed by atoms with van der Waals surface area (Å²) in [5, 5.41) is 10.3. The Morgan fingerprint density at radius 1 is 1.04 bits per heavy atom. The molecule has 0 atom stereocenters. The van der Waals surface area contributed by atoms with E-state index >= 15 is 0 Å². The Morgan fingerprint density at radius 3 is 2.46 bits per heavy atom. The Bertz CT molecular complexity index is 893. The average molecular weight is 372 g/mol. The molecule has 4 nitrogen and oxygen atoms in total. The molecule has 2 aliphatic heterocycles. The van der Waals surface area contributed by atoms with Crippen LogP contribution in [0.4, 0.5) is 11.4 Å². The van der Waals surface area contributed by atoms with Gasteiger partial charge in [0.05, 0.1) is 16.4 Å². The van der Waals surface area contributed by atoms with Crippen LogP contribution in [-0.4, -0.2) is 22.4 Å². The van der Waals surface area contributed by atoms with Gasteiger partial charge in [0.2, 0.25) is 0 Å². The fourth-order valence-corrected chi connectivity index (χ4v) is 5.25. The van der Waals surface area contributed by atoms with Gasteiger partial charge in [-0.15, -0.1) is 0 Å². The highest BCUT2D eigenvalue weighted by Gasteiger charge is 2.38. The summed E-state index contributed by atoms with van der Waals surface area (Å²) in [5.41, 5.74) is 1.75. The van der Waals surface area contributed by atoms with Crippen LogP contribution in [0.3, 0.4) is 0 Å². The lowest BCUT2D eigenvalue weighted by Crippen LogP contribution is -2.28. The third kappa shape index (κ3) is 2.40. The van der Waals surface area contributed by atoms with Crippen LogP contribution in [0.25, 0.3) is 0 Å². The number of rotatable bonds is 1. The van der Waals surface area contributed by atoms with E-state index in [0.29, 0.717) is 14.9 Å². The predicted molar refractivity (Wildman–Crippen MR) is 104 cm³/mol. The Labute approximate surface area is 153 Å². The smallest absolute Gasteiger partial charge is 0.273 e. The molecule has 4 rings (SSSR count). The summed E-state index contributed by atoms with van der Waals surface area (Å²) < 4.78 is 0.498. The number of hydrogen-bond donors (Lipinski definition) is 1. The van der Waals surface area contributed by atoms with Crippen LogP contribution < -0.4 is 9.80 Å². The molecule has 7 heteroatoms. The number of carbonyl (C=O) groups is 1. The van der Waals surface area contributed by atoms with Crippen LogP contribution in [0.5, 0.6) is 5.75 Å². The highest BCUT2D eigenvalue weighted by atomic mass is 32.2. The number of para-hydroxylation sites is 1. The normalized spacial score (nSPS) is 20.0. The molecule has 1 fully saturated rings. The van der Waals surface area contributed by atoms with Crippen LogP contribution in [0, 0.1) is 0 Å². The Morgan fingerprint density at radius 2 is 1.75 bits per heavy atom. The quantitative estimate of drug-likeness (QED) is 0.599. The van der Waals surface area contributed by atoms with Gasteiger partial charge in [-0.05, 0) is 36.4 Å². The largest absolute Gasteiger partial charge is 0.508 e. The molecule has 0 aliphatic carbocycles. The molecule has 0 bridgehead atoms. The van der Waals surface area contributed by atoms with Crippen LogP contribution in [-0.2, 0) is 4.79 Å². The molecule has 0 radical (unpaired) electrons. The van der Waals surface area contributed by atoms with Crippen LogP contribution >= 0.6 is 35.7 Å². The minimum atomic E-state index is -0.127. The van der Waals surface area contributed by atoms with Crippen molar-refractivity contribution in [2.24, 2.45) is 0 Å². The predicted octanol–water partition coefficient (Wildman–Crippen LogP) is 4.17. The summed E-state index contributed by atoms with van der Waals surface area (Å²) in [5.74, 6) is 0.0296. The van der Waals surface area contributed by atoms with Crippen molar-refractivity contribution >= 4 is 57.3 Å². The molecule has 0 unspecified atom stereocenters. The maximum absolute atomic E-state index is 12.9. The molecule has 24 heavy (non-hydrogen) atoms. The molecular weight excluding hydrogens is 360 g/mol. The van der Waals surface area contributed by atoms with Gasteiger partial charge in [0.15, 0.2) is 4.32 Å². The summed E-state index contributed by atoms with van der Waals surface area (Å²) in [7, 11) is 1.96. The van der Waals surface area contributed by atoms with Gasteiger partial charge in [0.1, 0.15) is 10.7 Å². The highest BCUT2D eigenvalue weighted by molar-refractivity contribution is 8.27. The number of fused-ring (bicyclic) bond motifs is 1. The summed E-state index contributed by atoms with van der Waals surface area (Å²) >= 11 is 8.31. The van der Waals surface area contributed by atoms with Crippen molar-refractivity contribution in [2.45, 2.75) is 4.90 Å². The number of thioether (sulfide) groups is 2. The number of anilines is 2. The molecule has 2 aromatic carbocycles. The first-order chi connectivity index (χ1) is 11.6. The molecule has 2 aliphatic rings. The number of thiocarbonyl (C=S) groups is 1. The van der Waals surface area contributed by atoms with E-state index in [4.69, 9.17) is 12.2 Å². The maximum Gasteiger partial charge on any atom is 0.273 e. The second-order valence-corrected chi connectivity index (χ2v) is 7.96. The molecule has 0 spiro atoms. The highest BCUT2D eigenvalue weighted by Crippen LogP contribution is 2.50. The summed E-state index contributed by atoms with van der Waals surface area (Å²) in [6.07, 6.45) is 0. The van der Waals surface area contributed by atoms with Crippen molar-refractivity contribution in [3.63, 3.8) is 0 Å². The third-order valence-electron chi connectivity index (χ3n) is 3.81. The number of carbonyl (C=O) groups excluding carboxylic acids is 1. The lowest BCUT2D eigenvalue weighted by molar-refractivity contribution is -0.113. The Hall–Kier alpha value is -1.96. The number of aromatic hydroxyl groups is 1. The van der Waals surface area contributed by atoms with Gasteiger partial charge >= 0.3 is 0 Å². The van der Waals surface area contributed by atoms with Crippen molar-refractivity contribution in [3.8, 4) is 5.75 Å². The summed E-state index contributed by atoms with van der Waals surface area (Å²) in [6, 6.07) is 14.5. The van der Waals surface area contributed by atoms with Gasteiger partial charge in [0, 0.05) is 11.9 Å². The Balaban J connectivity index is 1.73. The van der Waals surface area contributed by atoms with Gasteiger partial charge < -0.3 is 10.0 Å². The number of phenols is 1. The number of benzene rings is 2. The minimum Gasteiger partial charge on any atom is -0.508 e. The first-order valence-corrected chi connectivity index (χ1v) is 9.20. The van der Waals surface area contributed by atoms with Crippen molar-refractivity contribution in [1.29, 1.82) is 0 Å². The average Bonchev–Trinajstić information content (AvgIpc) is 3.06. The molecule has 2 heterocycles. The molecule has 1 amide bonds. The summed E-state index contributed by atoms with van der Waals surface area (Å²) in [6.45, 7) is 0. The van der Waals surface area contributed by atoms with E-state index < -0.39 is 0 Å². The zero-order chi connectivity index (χ0) is 16.8. The van der Waals surface area contributed by atoms with Gasteiger partial charge in [-0.3, -0.25) is 9.69 Å². The van der Waals surface area contributed by atoms with Gasteiger partial charge in [-0.1, -0.05) is 47.9 Å².